The molecule has 1 aliphatic rings. The minimum atomic E-state index is -0.804. The molecule has 1 amide bonds. The molecule has 1 aliphatic heterocycles. The molecule has 6 nitrogen and oxygen atoms in total. The van der Waals surface area contributed by atoms with Crippen molar-refractivity contribution >= 4 is 23.3 Å². The molecular formula is C28H28N2O4. The molecule has 3 aromatic rings. The summed E-state index contributed by atoms with van der Waals surface area (Å²) in [5.41, 5.74) is 3.12. The molecule has 1 fully saturated rings. The maximum absolute atomic E-state index is 13.3. The van der Waals surface area contributed by atoms with Crippen molar-refractivity contribution in [3.05, 3.63) is 94.7 Å². The Hall–Kier alpha value is -3.93. The summed E-state index contributed by atoms with van der Waals surface area (Å²) in [6, 6.07) is 17.4. The van der Waals surface area contributed by atoms with Gasteiger partial charge in [0.2, 0.25) is 0 Å². The summed E-state index contributed by atoms with van der Waals surface area (Å²) in [4.78, 5) is 32.2. The van der Waals surface area contributed by atoms with Gasteiger partial charge in [0.15, 0.2) is 0 Å². The molecule has 0 saturated carbocycles. The number of anilines is 1. The van der Waals surface area contributed by atoms with Crippen LogP contribution in [-0.4, -0.2) is 28.4 Å². The van der Waals surface area contributed by atoms with E-state index >= 15 is 0 Å². The average Bonchev–Trinajstić information content (AvgIpc) is 3.10. The Morgan fingerprint density at radius 2 is 1.82 bits per heavy atom. The molecule has 2 heterocycles. The Morgan fingerprint density at radius 3 is 2.41 bits per heavy atom. The number of aliphatic hydroxyl groups is 1. The normalized spacial score (nSPS) is 17.4. The molecule has 2 aromatic carbocycles. The van der Waals surface area contributed by atoms with Gasteiger partial charge in [-0.1, -0.05) is 44.2 Å². The lowest BCUT2D eigenvalue weighted by Crippen LogP contribution is -2.30. The van der Waals surface area contributed by atoms with Crippen LogP contribution in [0.25, 0.3) is 5.76 Å². The summed E-state index contributed by atoms with van der Waals surface area (Å²) in [6.07, 6.45) is 1.57. The maximum atomic E-state index is 13.3. The van der Waals surface area contributed by atoms with Crippen LogP contribution in [0.5, 0.6) is 5.75 Å². The molecule has 0 bridgehead atoms. The van der Waals surface area contributed by atoms with Crippen LogP contribution in [0.1, 0.15) is 55.0 Å². The number of ketones is 1. The van der Waals surface area contributed by atoms with E-state index in [0.29, 0.717) is 29.7 Å². The zero-order valence-corrected chi connectivity index (χ0v) is 19.8. The molecule has 4 rings (SSSR count). The van der Waals surface area contributed by atoms with Crippen LogP contribution in [0.15, 0.2) is 72.4 Å². The number of hydrogen-bond acceptors (Lipinski definition) is 5. The zero-order valence-electron chi connectivity index (χ0n) is 19.8. The Labute approximate surface area is 199 Å². The van der Waals surface area contributed by atoms with Gasteiger partial charge in [-0.3, -0.25) is 14.5 Å². The van der Waals surface area contributed by atoms with E-state index in [2.05, 4.69) is 18.8 Å². The van der Waals surface area contributed by atoms with Crippen molar-refractivity contribution in [3.8, 4) is 5.75 Å². The highest BCUT2D eigenvalue weighted by atomic mass is 16.5. The number of hydrogen-bond donors (Lipinski definition) is 1. The standard InChI is InChI=1S/C28H28N2O4/c1-5-34-21-13-14-22(18(4)16-21)26(31)24-25(20-11-9-19(10-12-20)17(2)3)30(28(33)27(24)32)23-8-6-7-15-29-23/h6-17,25,31H,5H2,1-4H3/b26-24-. The summed E-state index contributed by atoms with van der Waals surface area (Å²) < 4.78 is 5.55. The Kier molecular flexibility index (Phi) is 6.50. The number of nitrogens with zero attached hydrogens (tertiary/aromatic N) is 2. The molecule has 174 valence electrons. The van der Waals surface area contributed by atoms with Crippen molar-refractivity contribution < 1.29 is 19.4 Å². The molecular weight excluding hydrogens is 428 g/mol. The van der Waals surface area contributed by atoms with E-state index in [0.717, 1.165) is 16.7 Å². The number of pyridine rings is 1. The summed E-state index contributed by atoms with van der Waals surface area (Å²) in [6.45, 7) is 8.45. The summed E-state index contributed by atoms with van der Waals surface area (Å²) in [7, 11) is 0. The van der Waals surface area contributed by atoms with Crippen LogP contribution >= 0.6 is 0 Å². The molecule has 1 aromatic heterocycles. The summed E-state index contributed by atoms with van der Waals surface area (Å²) in [5, 5.41) is 11.4. The lowest BCUT2D eigenvalue weighted by molar-refractivity contribution is -0.132. The van der Waals surface area contributed by atoms with Crippen molar-refractivity contribution in [1.82, 2.24) is 4.98 Å². The Balaban J connectivity index is 1.90. The molecule has 6 heteroatoms. The van der Waals surface area contributed by atoms with Gasteiger partial charge in [-0.25, -0.2) is 4.98 Å². The molecule has 1 N–H and O–H groups in total. The first kappa shape index (κ1) is 23.2. The van der Waals surface area contributed by atoms with Gasteiger partial charge in [-0.15, -0.1) is 0 Å². The number of aromatic nitrogens is 1. The number of amides is 1. The van der Waals surface area contributed by atoms with Crippen LogP contribution in [0, 0.1) is 6.92 Å². The van der Waals surface area contributed by atoms with Gasteiger partial charge in [0.25, 0.3) is 5.78 Å². The predicted molar refractivity (Wildman–Crippen MR) is 132 cm³/mol. The van der Waals surface area contributed by atoms with Gasteiger partial charge in [0, 0.05) is 11.8 Å². The number of rotatable bonds is 6. The van der Waals surface area contributed by atoms with Crippen LogP contribution in [-0.2, 0) is 9.59 Å². The van der Waals surface area contributed by atoms with E-state index in [9.17, 15) is 14.7 Å². The topological polar surface area (TPSA) is 79.7 Å². The highest BCUT2D eigenvalue weighted by Crippen LogP contribution is 2.42. The third-order valence-electron chi connectivity index (χ3n) is 6.02. The van der Waals surface area contributed by atoms with Gasteiger partial charge in [-0.05, 0) is 66.8 Å². The number of ether oxygens (including phenoxy) is 1. The second-order valence-corrected chi connectivity index (χ2v) is 8.59. The molecule has 34 heavy (non-hydrogen) atoms. The van der Waals surface area contributed by atoms with Crippen molar-refractivity contribution in [2.75, 3.05) is 11.5 Å². The SMILES string of the molecule is CCOc1ccc(/C(O)=C2/C(=O)C(=O)N(c3ccccn3)C2c2ccc(C(C)C)cc2)c(C)c1. The minimum Gasteiger partial charge on any atom is -0.507 e. The van der Waals surface area contributed by atoms with Gasteiger partial charge < -0.3 is 9.84 Å². The van der Waals surface area contributed by atoms with Crippen LogP contribution in [0.3, 0.4) is 0 Å². The zero-order chi connectivity index (χ0) is 24.4. The van der Waals surface area contributed by atoms with E-state index in [1.807, 2.05) is 38.1 Å². The van der Waals surface area contributed by atoms with E-state index in [1.165, 1.54) is 4.90 Å². The third kappa shape index (κ3) is 4.19. The molecule has 0 spiro atoms. The second-order valence-electron chi connectivity index (χ2n) is 8.59. The lowest BCUT2D eigenvalue weighted by atomic mass is 9.92. The highest BCUT2D eigenvalue weighted by molar-refractivity contribution is 6.51. The van der Waals surface area contributed by atoms with E-state index in [-0.39, 0.29) is 11.3 Å². The van der Waals surface area contributed by atoms with Gasteiger partial charge in [-0.2, -0.15) is 0 Å². The molecule has 1 unspecified atom stereocenters. The van der Waals surface area contributed by atoms with E-state index in [1.54, 1.807) is 42.6 Å². The van der Waals surface area contributed by atoms with Gasteiger partial charge >= 0.3 is 5.91 Å². The van der Waals surface area contributed by atoms with Crippen molar-refractivity contribution in [3.63, 3.8) is 0 Å². The highest BCUT2D eigenvalue weighted by Gasteiger charge is 2.47. The number of benzene rings is 2. The Bertz CT molecular complexity index is 1250. The van der Waals surface area contributed by atoms with Crippen molar-refractivity contribution in [2.45, 2.75) is 39.7 Å². The fourth-order valence-electron chi connectivity index (χ4n) is 4.25. The largest absolute Gasteiger partial charge is 0.507 e. The molecule has 0 radical (unpaired) electrons. The van der Waals surface area contributed by atoms with E-state index in [4.69, 9.17) is 4.74 Å². The molecule has 1 atom stereocenters. The lowest BCUT2D eigenvalue weighted by Gasteiger charge is -2.25. The number of Topliss-reactive ketones (excluding diaryl/α,β-unsaturated/α-hetero) is 1. The number of carbonyl (C=O) groups excluding carboxylic acids is 2. The number of aryl methyl sites for hydroxylation is 1. The van der Waals surface area contributed by atoms with Gasteiger partial charge in [0.1, 0.15) is 17.3 Å². The quantitative estimate of drug-likeness (QED) is 0.299. The Morgan fingerprint density at radius 1 is 1.09 bits per heavy atom. The van der Waals surface area contributed by atoms with Gasteiger partial charge in [0.05, 0.1) is 18.2 Å². The first-order valence-corrected chi connectivity index (χ1v) is 11.4. The third-order valence-corrected chi connectivity index (χ3v) is 6.02. The fourth-order valence-corrected chi connectivity index (χ4v) is 4.25. The number of carbonyl (C=O) groups is 2. The first-order chi connectivity index (χ1) is 16.3. The summed E-state index contributed by atoms with van der Waals surface area (Å²) >= 11 is 0. The fraction of sp³-hybridized carbons (Fsp3) is 0.250. The minimum absolute atomic E-state index is 0.0419. The predicted octanol–water partition coefficient (Wildman–Crippen LogP) is 5.54. The molecule has 1 saturated heterocycles. The number of aliphatic hydroxyl groups excluding tert-OH is 1. The van der Waals surface area contributed by atoms with Crippen molar-refractivity contribution in [2.24, 2.45) is 0 Å². The molecule has 0 aliphatic carbocycles. The maximum Gasteiger partial charge on any atom is 0.301 e. The van der Waals surface area contributed by atoms with Crippen LogP contribution < -0.4 is 9.64 Å². The van der Waals surface area contributed by atoms with Crippen LogP contribution in [0.4, 0.5) is 5.82 Å². The summed E-state index contributed by atoms with van der Waals surface area (Å²) in [5.74, 6) is -0.314. The van der Waals surface area contributed by atoms with E-state index < -0.39 is 17.7 Å². The van der Waals surface area contributed by atoms with Crippen LogP contribution in [0.2, 0.25) is 0 Å². The second kappa shape index (κ2) is 9.51. The first-order valence-electron chi connectivity index (χ1n) is 11.4. The van der Waals surface area contributed by atoms with Crippen molar-refractivity contribution in [1.29, 1.82) is 0 Å². The monoisotopic (exact) mass is 456 g/mol. The average molecular weight is 457 g/mol. The smallest absolute Gasteiger partial charge is 0.301 e.